The number of hydrogen-bond acceptors (Lipinski definition) is 3. The second kappa shape index (κ2) is 6.16. The van der Waals surface area contributed by atoms with Gasteiger partial charge in [-0.15, -0.1) is 0 Å². The lowest BCUT2D eigenvalue weighted by atomic mass is 9.98. The van der Waals surface area contributed by atoms with Crippen LogP contribution in [0.4, 0.5) is 0 Å². The van der Waals surface area contributed by atoms with Crippen molar-refractivity contribution in [3.63, 3.8) is 0 Å². The molecule has 0 amide bonds. The molecule has 0 saturated carbocycles. The summed E-state index contributed by atoms with van der Waals surface area (Å²) in [5, 5.41) is 0. The van der Waals surface area contributed by atoms with E-state index in [1.807, 2.05) is 24.3 Å². The van der Waals surface area contributed by atoms with E-state index < -0.39 is 0 Å². The molecular formula is C13H20O2S. The summed E-state index contributed by atoms with van der Waals surface area (Å²) in [4.78, 5) is 0. The minimum Gasteiger partial charge on any atom is -0.497 e. The predicted molar refractivity (Wildman–Crippen MR) is 70.3 cm³/mol. The van der Waals surface area contributed by atoms with Gasteiger partial charge < -0.3 is 9.47 Å². The number of methoxy groups -OCH3 is 1. The molecule has 0 bridgehead atoms. The van der Waals surface area contributed by atoms with Crippen molar-refractivity contribution in [1.82, 2.24) is 0 Å². The molecule has 0 fully saturated rings. The van der Waals surface area contributed by atoms with Crippen LogP contribution in [-0.4, -0.2) is 19.5 Å². The Labute approximate surface area is 103 Å². The van der Waals surface area contributed by atoms with E-state index in [9.17, 15) is 0 Å². The van der Waals surface area contributed by atoms with Crippen molar-refractivity contribution >= 4 is 12.6 Å². The first-order valence-electron chi connectivity index (χ1n) is 5.39. The molecule has 0 spiro atoms. The van der Waals surface area contributed by atoms with E-state index in [0.717, 1.165) is 17.1 Å². The average molecular weight is 240 g/mol. The number of thiol groups is 1. The van der Waals surface area contributed by atoms with E-state index in [1.165, 1.54) is 0 Å². The standard InChI is InChI=1S/C13H20O2S/c1-13(2,10-16)9-15-8-11-5-4-6-12(7-11)14-3/h4-7,16H,8-10H2,1-3H3. The van der Waals surface area contributed by atoms with Gasteiger partial charge in [0.25, 0.3) is 0 Å². The molecule has 0 atom stereocenters. The Hall–Kier alpha value is -0.670. The summed E-state index contributed by atoms with van der Waals surface area (Å²) in [6, 6.07) is 7.94. The van der Waals surface area contributed by atoms with Gasteiger partial charge in [0.1, 0.15) is 5.75 Å². The highest BCUT2D eigenvalue weighted by atomic mass is 32.1. The van der Waals surface area contributed by atoms with Crippen LogP contribution in [0.3, 0.4) is 0 Å². The van der Waals surface area contributed by atoms with Gasteiger partial charge in [-0.05, 0) is 28.9 Å². The molecule has 0 unspecified atom stereocenters. The van der Waals surface area contributed by atoms with Crippen molar-refractivity contribution in [2.24, 2.45) is 5.41 Å². The fraction of sp³-hybridized carbons (Fsp3) is 0.538. The lowest BCUT2D eigenvalue weighted by molar-refractivity contribution is 0.0620. The summed E-state index contributed by atoms with van der Waals surface area (Å²) >= 11 is 4.29. The zero-order valence-corrected chi connectivity index (χ0v) is 11.1. The van der Waals surface area contributed by atoms with Crippen LogP contribution in [0.5, 0.6) is 5.75 Å². The molecule has 1 rings (SSSR count). The monoisotopic (exact) mass is 240 g/mol. The molecular weight excluding hydrogens is 220 g/mol. The van der Waals surface area contributed by atoms with E-state index in [1.54, 1.807) is 7.11 Å². The first kappa shape index (κ1) is 13.4. The van der Waals surface area contributed by atoms with E-state index in [0.29, 0.717) is 13.2 Å². The molecule has 2 nitrogen and oxygen atoms in total. The maximum atomic E-state index is 5.67. The Morgan fingerprint density at radius 3 is 2.69 bits per heavy atom. The fourth-order valence-electron chi connectivity index (χ4n) is 1.25. The van der Waals surface area contributed by atoms with Gasteiger partial charge in [-0.25, -0.2) is 0 Å². The number of hydrogen-bond donors (Lipinski definition) is 1. The maximum Gasteiger partial charge on any atom is 0.119 e. The van der Waals surface area contributed by atoms with Crippen molar-refractivity contribution < 1.29 is 9.47 Å². The van der Waals surface area contributed by atoms with Crippen molar-refractivity contribution in [3.8, 4) is 5.75 Å². The van der Waals surface area contributed by atoms with Crippen LogP contribution in [0.2, 0.25) is 0 Å². The number of ether oxygens (including phenoxy) is 2. The third-order valence-electron chi connectivity index (χ3n) is 2.32. The third kappa shape index (κ3) is 4.45. The topological polar surface area (TPSA) is 18.5 Å². The first-order chi connectivity index (χ1) is 7.57. The van der Waals surface area contributed by atoms with Crippen LogP contribution in [0.1, 0.15) is 19.4 Å². The number of rotatable bonds is 6. The quantitative estimate of drug-likeness (QED) is 0.770. The lowest BCUT2D eigenvalue weighted by Crippen LogP contribution is -2.20. The van der Waals surface area contributed by atoms with Crippen LogP contribution < -0.4 is 4.74 Å². The summed E-state index contributed by atoms with van der Waals surface area (Å²) in [5.41, 5.74) is 1.26. The molecule has 90 valence electrons. The Balaban J connectivity index is 2.42. The minimum atomic E-state index is 0.127. The van der Waals surface area contributed by atoms with Gasteiger partial charge in [-0.2, -0.15) is 12.6 Å². The third-order valence-corrected chi connectivity index (χ3v) is 3.18. The van der Waals surface area contributed by atoms with Gasteiger partial charge in [-0.1, -0.05) is 26.0 Å². The van der Waals surface area contributed by atoms with Gasteiger partial charge in [0, 0.05) is 0 Å². The Morgan fingerprint density at radius 2 is 2.06 bits per heavy atom. The molecule has 3 heteroatoms. The molecule has 0 heterocycles. The van der Waals surface area contributed by atoms with Crippen LogP contribution >= 0.6 is 12.6 Å². The van der Waals surface area contributed by atoms with Crippen molar-refractivity contribution in [2.75, 3.05) is 19.5 Å². The van der Waals surface area contributed by atoms with Gasteiger partial charge >= 0.3 is 0 Å². The molecule has 0 saturated heterocycles. The second-order valence-electron chi connectivity index (χ2n) is 4.67. The van der Waals surface area contributed by atoms with Crippen LogP contribution in [0.25, 0.3) is 0 Å². The van der Waals surface area contributed by atoms with E-state index in [2.05, 4.69) is 26.5 Å². The van der Waals surface area contributed by atoms with Crippen molar-refractivity contribution in [2.45, 2.75) is 20.5 Å². The fourth-order valence-corrected chi connectivity index (χ4v) is 1.34. The summed E-state index contributed by atoms with van der Waals surface area (Å²) in [6.07, 6.45) is 0. The molecule has 0 N–H and O–H groups in total. The molecule has 0 aliphatic heterocycles. The van der Waals surface area contributed by atoms with Gasteiger partial charge in [0.2, 0.25) is 0 Å². The average Bonchev–Trinajstić information content (AvgIpc) is 2.29. The van der Waals surface area contributed by atoms with Crippen LogP contribution in [0.15, 0.2) is 24.3 Å². The molecule has 0 aromatic heterocycles. The van der Waals surface area contributed by atoms with Crippen molar-refractivity contribution in [1.29, 1.82) is 0 Å². The molecule has 0 aliphatic carbocycles. The van der Waals surface area contributed by atoms with E-state index >= 15 is 0 Å². The van der Waals surface area contributed by atoms with Crippen LogP contribution in [-0.2, 0) is 11.3 Å². The molecule has 1 aromatic carbocycles. The van der Waals surface area contributed by atoms with Crippen molar-refractivity contribution in [3.05, 3.63) is 29.8 Å². The first-order valence-corrected chi connectivity index (χ1v) is 6.02. The molecule has 0 aliphatic rings. The minimum absolute atomic E-state index is 0.127. The Bertz CT molecular complexity index is 323. The Kier molecular flexibility index (Phi) is 5.16. The maximum absolute atomic E-state index is 5.67. The zero-order valence-electron chi connectivity index (χ0n) is 10.2. The second-order valence-corrected chi connectivity index (χ2v) is 4.98. The summed E-state index contributed by atoms with van der Waals surface area (Å²) < 4.78 is 10.8. The van der Waals surface area contributed by atoms with Gasteiger partial charge in [0.15, 0.2) is 0 Å². The highest BCUT2D eigenvalue weighted by Crippen LogP contribution is 2.18. The summed E-state index contributed by atoms with van der Waals surface area (Å²) in [7, 11) is 1.67. The zero-order chi connectivity index (χ0) is 12.0. The molecule has 1 aromatic rings. The van der Waals surface area contributed by atoms with E-state index in [-0.39, 0.29) is 5.41 Å². The predicted octanol–water partition coefficient (Wildman–Crippen LogP) is 3.17. The SMILES string of the molecule is COc1cccc(COCC(C)(C)CS)c1. The number of benzene rings is 1. The van der Waals surface area contributed by atoms with E-state index in [4.69, 9.17) is 9.47 Å². The normalized spacial score (nSPS) is 11.5. The highest BCUT2D eigenvalue weighted by Gasteiger charge is 2.15. The molecule has 0 radical (unpaired) electrons. The largest absolute Gasteiger partial charge is 0.497 e. The van der Waals surface area contributed by atoms with Crippen LogP contribution in [0, 0.1) is 5.41 Å². The smallest absolute Gasteiger partial charge is 0.119 e. The summed E-state index contributed by atoms with van der Waals surface area (Å²) in [6.45, 7) is 5.62. The van der Waals surface area contributed by atoms with Gasteiger partial charge in [-0.3, -0.25) is 0 Å². The van der Waals surface area contributed by atoms with Gasteiger partial charge in [0.05, 0.1) is 20.3 Å². The summed E-state index contributed by atoms with van der Waals surface area (Å²) in [5.74, 6) is 1.69. The highest BCUT2D eigenvalue weighted by molar-refractivity contribution is 7.80. The molecule has 16 heavy (non-hydrogen) atoms. The Morgan fingerprint density at radius 1 is 1.31 bits per heavy atom. The lowest BCUT2D eigenvalue weighted by Gasteiger charge is -2.21.